The number of carbonyl (C=O) groups is 2. The highest BCUT2D eigenvalue weighted by atomic mass is 35.5. The summed E-state index contributed by atoms with van der Waals surface area (Å²) in [5.74, 6) is -1.03. The Balaban J connectivity index is 1.51. The molecule has 0 saturated heterocycles. The predicted molar refractivity (Wildman–Crippen MR) is 141 cm³/mol. The minimum Gasteiger partial charge on any atom is -0.481 e. The van der Waals surface area contributed by atoms with Crippen molar-refractivity contribution in [2.24, 2.45) is 17.4 Å². The fourth-order valence-electron chi connectivity index (χ4n) is 5.65. The highest BCUT2D eigenvalue weighted by Crippen LogP contribution is 2.49. The van der Waals surface area contributed by atoms with Gasteiger partial charge in [-0.05, 0) is 55.5 Å². The van der Waals surface area contributed by atoms with Crippen molar-refractivity contribution in [3.05, 3.63) is 88.2 Å². The molecule has 1 atom stereocenters. The Labute approximate surface area is 220 Å². The highest BCUT2D eigenvalue weighted by Gasteiger charge is 2.43. The number of ether oxygens (including phenoxy) is 1. The first-order valence-corrected chi connectivity index (χ1v) is 12.8. The van der Waals surface area contributed by atoms with Gasteiger partial charge in [-0.25, -0.2) is 4.39 Å². The van der Waals surface area contributed by atoms with Crippen molar-refractivity contribution in [1.29, 1.82) is 0 Å². The normalized spacial score (nSPS) is 22.8. The second-order valence-corrected chi connectivity index (χ2v) is 10.3. The average Bonchev–Trinajstić information content (AvgIpc) is 3.28. The van der Waals surface area contributed by atoms with E-state index in [1.165, 1.54) is 18.2 Å². The monoisotopic (exact) mass is 521 g/mol. The maximum Gasteiger partial charge on any atom is 0.249 e. The number of hydrogen-bond donors (Lipinski definition) is 3. The molecule has 5 rings (SSSR count). The third-order valence-corrected chi connectivity index (χ3v) is 7.94. The second kappa shape index (κ2) is 10.1. The standard InChI is InChI=1S/C29H29ClFN3O3/c30-22-13-14-24-21(25(22)26-20(28(33)36)7-4-8-23(26)31)15-29(37-24,18-5-2-1-3-6-18)16-34-19-11-9-17(10-12-19)27(32)35/h1-8,13-14,17,19,34H,9-12,15-16H2,(H2,32,35)(H2,33,36)/t17?,19?,29-/m1/s1. The Bertz CT molecular complexity index is 1340. The Morgan fingerprint density at radius 1 is 0.973 bits per heavy atom. The van der Waals surface area contributed by atoms with E-state index >= 15 is 4.39 Å². The fraction of sp³-hybridized carbons (Fsp3) is 0.310. The van der Waals surface area contributed by atoms with Crippen molar-refractivity contribution >= 4 is 23.4 Å². The summed E-state index contributed by atoms with van der Waals surface area (Å²) in [7, 11) is 0. The van der Waals surface area contributed by atoms with Crippen LogP contribution in [0.2, 0.25) is 5.02 Å². The van der Waals surface area contributed by atoms with Crippen LogP contribution in [0.15, 0.2) is 60.7 Å². The van der Waals surface area contributed by atoms with Gasteiger partial charge in [-0.3, -0.25) is 9.59 Å². The van der Waals surface area contributed by atoms with Crippen LogP contribution in [0, 0.1) is 11.7 Å². The maximum absolute atomic E-state index is 15.2. The van der Waals surface area contributed by atoms with Gasteiger partial charge in [-0.15, -0.1) is 0 Å². The lowest BCUT2D eigenvalue weighted by Crippen LogP contribution is -2.47. The third kappa shape index (κ3) is 4.81. The van der Waals surface area contributed by atoms with E-state index in [1.54, 1.807) is 12.1 Å². The number of nitrogens with two attached hydrogens (primary N) is 2. The molecule has 0 aromatic heterocycles. The molecule has 37 heavy (non-hydrogen) atoms. The van der Waals surface area contributed by atoms with Crippen LogP contribution in [0.5, 0.6) is 5.75 Å². The summed E-state index contributed by atoms with van der Waals surface area (Å²) in [4.78, 5) is 23.8. The van der Waals surface area contributed by atoms with Crippen LogP contribution in [-0.4, -0.2) is 24.4 Å². The molecule has 0 unspecified atom stereocenters. The lowest BCUT2D eigenvalue weighted by Gasteiger charge is -2.34. The van der Waals surface area contributed by atoms with Gasteiger partial charge in [-0.2, -0.15) is 0 Å². The van der Waals surface area contributed by atoms with E-state index in [4.69, 9.17) is 27.8 Å². The molecule has 2 amide bonds. The zero-order valence-corrected chi connectivity index (χ0v) is 21.1. The van der Waals surface area contributed by atoms with E-state index in [0.29, 0.717) is 29.3 Å². The molecule has 3 aromatic rings. The molecule has 1 fully saturated rings. The molecule has 5 N–H and O–H groups in total. The van der Waals surface area contributed by atoms with Crippen LogP contribution in [0.25, 0.3) is 11.1 Å². The van der Waals surface area contributed by atoms with Gasteiger partial charge in [0.2, 0.25) is 11.8 Å². The van der Waals surface area contributed by atoms with Gasteiger partial charge in [-0.1, -0.05) is 48.0 Å². The Morgan fingerprint density at radius 2 is 1.70 bits per heavy atom. The van der Waals surface area contributed by atoms with Crippen LogP contribution in [0.4, 0.5) is 4.39 Å². The molecule has 1 saturated carbocycles. The molecular weight excluding hydrogens is 493 g/mol. The number of hydrogen-bond acceptors (Lipinski definition) is 4. The number of benzene rings is 3. The highest BCUT2D eigenvalue weighted by molar-refractivity contribution is 6.34. The Morgan fingerprint density at radius 3 is 2.38 bits per heavy atom. The maximum atomic E-state index is 15.2. The minimum absolute atomic E-state index is 0.0665. The first-order valence-electron chi connectivity index (χ1n) is 12.5. The van der Waals surface area contributed by atoms with Gasteiger partial charge in [0.1, 0.15) is 11.6 Å². The zero-order chi connectivity index (χ0) is 26.2. The molecule has 0 bridgehead atoms. The van der Waals surface area contributed by atoms with E-state index in [-0.39, 0.29) is 29.0 Å². The summed E-state index contributed by atoms with van der Waals surface area (Å²) in [6.07, 6.45) is 3.63. The van der Waals surface area contributed by atoms with Crippen LogP contribution in [0.3, 0.4) is 0 Å². The van der Waals surface area contributed by atoms with Gasteiger partial charge < -0.3 is 21.5 Å². The van der Waals surface area contributed by atoms with Crippen molar-refractivity contribution in [2.45, 2.75) is 43.7 Å². The number of fused-ring (bicyclic) bond motifs is 1. The topological polar surface area (TPSA) is 107 Å². The number of rotatable bonds is 7. The molecule has 1 aliphatic heterocycles. The lowest BCUT2D eigenvalue weighted by molar-refractivity contribution is -0.122. The third-order valence-electron chi connectivity index (χ3n) is 7.62. The van der Waals surface area contributed by atoms with Crippen molar-refractivity contribution in [3.63, 3.8) is 0 Å². The predicted octanol–water partition coefficient (Wildman–Crippen LogP) is 4.71. The largest absolute Gasteiger partial charge is 0.481 e. The van der Waals surface area contributed by atoms with Gasteiger partial charge in [0, 0.05) is 52.2 Å². The SMILES string of the molecule is NC(=O)c1cccc(F)c1-c1c(Cl)ccc2c1C[C@@](CNC1CCC(C(N)=O)CC1)(c1ccccc1)O2. The van der Waals surface area contributed by atoms with Crippen molar-refractivity contribution < 1.29 is 18.7 Å². The molecule has 1 heterocycles. The summed E-state index contributed by atoms with van der Waals surface area (Å²) in [5, 5.41) is 3.97. The minimum atomic E-state index is -0.776. The van der Waals surface area contributed by atoms with Gasteiger partial charge in [0.25, 0.3) is 0 Å². The zero-order valence-electron chi connectivity index (χ0n) is 20.3. The molecule has 3 aromatic carbocycles. The molecular formula is C29H29ClFN3O3. The number of nitrogens with one attached hydrogen (secondary N) is 1. The Kier molecular flexibility index (Phi) is 6.92. The second-order valence-electron chi connectivity index (χ2n) is 9.90. The number of carbonyl (C=O) groups excluding carboxylic acids is 2. The first-order chi connectivity index (χ1) is 17.8. The van der Waals surface area contributed by atoms with E-state index in [1.807, 2.05) is 30.3 Å². The van der Waals surface area contributed by atoms with Crippen LogP contribution in [0.1, 0.15) is 47.2 Å². The summed E-state index contributed by atoms with van der Waals surface area (Å²) < 4.78 is 21.8. The number of amides is 2. The van der Waals surface area contributed by atoms with Crippen LogP contribution >= 0.6 is 11.6 Å². The van der Waals surface area contributed by atoms with Gasteiger partial charge in [0.15, 0.2) is 5.60 Å². The summed E-state index contributed by atoms with van der Waals surface area (Å²) in [5.41, 5.74) is 12.6. The molecule has 0 spiro atoms. The van der Waals surface area contributed by atoms with Crippen molar-refractivity contribution in [2.75, 3.05) is 6.54 Å². The number of primary amides is 2. The van der Waals surface area contributed by atoms with Gasteiger partial charge >= 0.3 is 0 Å². The smallest absolute Gasteiger partial charge is 0.249 e. The van der Waals surface area contributed by atoms with Crippen molar-refractivity contribution in [1.82, 2.24) is 5.32 Å². The molecule has 6 nitrogen and oxygen atoms in total. The van der Waals surface area contributed by atoms with E-state index in [2.05, 4.69) is 5.32 Å². The molecule has 2 aliphatic rings. The molecule has 8 heteroatoms. The van der Waals surface area contributed by atoms with E-state index < -0.39 is 17.3 Å². The van der Waals surface area contributed by atoms with E-state index in [9.17, 15) is 9.59 Å². The number of halogens is 2. The summed E-state index contributed by atoms with van der Waals surface area (Å²) in [6, 6.07) is 17.8. The van der Waals surface area contributed by atoms with E-state index in [0.717, 1.165) is 36.8 Å². The lowest BCUT2D eigenvalue weighted by atomic mass is 9.83. The fourth-order valence-corrected chi connectivity index (χ4v) is 5.92. The summed E-state index contributed by atoms with van der Waals surface area (Å²) in [6.45, 7) is 0.495. The van der Waals surface area contributed by atoms with Crippen LogP contribution < -0.4 is 21.5 Å². The molecule has 192 valence electrons. The first kappa shape index (κ1) is 25.2. The quantitative estimate of drug-likeness (QED) is 0.418. The molecule has 0 radical (unpaired) electrons. The molecule has 1 aliphatic carbocycles. The summed E-state index contributed by atoms with van der Waals surface area (Å²) >= 11 is 6.64. The van der Waals surface area contributed by atoms with Gasteiger partial charge in [0.05, 0.1) is 0 Å². The van der Waals surface area contributed by atoms with Crippen molar-refractivity contribution in [3.8, 4) is 16.9 Å². The van der Waals surface area contributed by atoms with Crippen LogP contribution in [-0.2, 0) is 16.8 Å². The Hall–Kier alpha value is -3.42. The average molecular weight is 522 g/mol.